The zero-order valence-electron chi connectivity index (χ0n) is 23.4. The summed E-state index contributed by atoms with van der Waals surface area (Å²) < 4.78 is 19.8. The molecule has 0 aromatic heterocycles. The summed E-state index contributed by atoms with van der Waals surface area (Å²) in [4.78, 5) is 0. The quantitative estimate of drug-likeness (QED) is 0.287. The fraction of sp³-hybridized carbons (Fsp3) is 0.455. The standard InChI is InChI=1S/C33H44O3Si/c1-25(22-26(2)31-27(3)24-34-32(36-31)28-16-10-7-11-17-28)23-35-37(33(4,5)6,29-18-12-8-13-19-29)30-20-14-9-15-21-30/h7-21,25-27,31-32H,22-24H2,1-6H3/t25-,26+,27+,31-,32?/m1/s1. The summed E-state index contributed by atoms with van der Waals surface area (Å²) in [6.07, 6.45) is 0.928. The molecule has 1 aliphatic rings. The number of benzene rings is 3. The van der Waals surface area contributed by atoms with Gasteiger partial charge in [-0.05, 0) is 33.7 Å². The summed E-state index contributed by atoms with van der Waals surface area (Å²) in [7, 11) is -2.52. The zero-order valence-corrected chi connectivity index (χ0v) is 24.4. The molecule has 1 saturated heterocycles. The molecule has 5 atom stereocenters. The van der Waals surface area contributed by atoms with E-state index in [4.69, 9.17) is 13.9 Å². The van der Waals surface area contributed by atoms with Gasteiger partial charge < -0.3 is 13.9 Å². The monoisotopic (exact) mass is 516 g/mol. The van der Waals surface area contributed by atoms with Gasteiger partial charge in [0.25, 0.3) is 8.32 Å². The lowest BCUT2D eigenvalue weighted by molar-refractivity contribution is -0.250. The highest BCUT2D eigenvalue weighted by Gasteiger charge is 2.50. The lowest BCUT2D eigenvalue weighted by Crippen LogP contribution is -2.66. The molecule has 0 radical (unpaired) electrons. The minimum Gasteiger partial charge on any atom is -0.407 e. The highest BCUT2D eigenvalue weighted by atomic mass is 28.4. The Morgan fingerprint density at radius 3 is 1.86 bits per heavy atom. The van der Waals surface area contributed by atoms with Crippen molar-refractivity contribution in [3.8, 4) is 0 Å². The topological polar surface area (TPSA) is 27.7 Å². The van der Waals surface area contributed by atoms with E-state index in [1.807, 2.05) is 18.2 Å². The first-order valence-electron chi connectivity index (χ1n) is 13.8. The average Bonchev–Trinajstić information content (AvgIpc) is 2.90. The van der Waals surface area contributed by atoms with Crippen LogP contribution in [0.2, 0.25) is 5.04 Å². The van der Waals surface area contributed by atoms with Crippen LogP contribution in [0, 0.1) is 17.8 Å². The summed E-state index contributed by atoms with van der Waals surface area (Å²) >= 11 is 0. The summed E-state index contributed by atoms with van der Waals surface area (Å²) in [6.45, 7) is 15.4. The zero-order chi connectivity index (χ0) is 26.5. The molecule has 3 aromatic rings. The minimum absolute atomic E-state index is 0.0116. The molecule has 1 fully saturated rings. The number of hydrogen-bond acceptors (Lipinski definition) is 3. The first-order valence-corrected chi connectivity index (χ1v) is 15.7. The van der Waals surface area contributed by atoms with Crippen LogP contribution >= 0.6 is 0 Å². The summed E-state index contributed by atoms with van der Waals surface area (Å²) in [5.74, 6) is 1.17. The average molecular weight is 517 g/mol. The predicted molar refractivity (Wildman–Crippen MR) is 156 cm³/mol. The van der Waals surface area contributed by atoms with Gasteiger partial charge in [-0.3, -0.25) is 0 Å². The van der Waals surface area contributed by atoms with E-state index in [9.17, 15) is 0 Å². The fourth-order valence-electron chi connectivity index (χ4n) is 6.00. The molecule has 198 valence electrons. The Balaban J connectivity index is 1.49. The molecule has 3 nitrogen and oxygen atoms in total. The molecule has 0 bridgehead atoms. The maximum atomic E-state index is 7.21. The van der Waals surface area contributed by atoms with Crippen LogP contribution in [-0.2, 0) is 13.9 Å². The molecule has 37 heavy (non-hydrogen) atoms. The maximum absolute atomic E-state index is 7.21. The van der Waals surface area contributed by atoms with E-state index < -0.39 is 8.32 Å². The maximum Gasteiger partial charge on any atom is 0.261 e. The van der Waals surface area contributed by atoms with Crippen molar-refractivity contribution in [1.29, 1.82) is 0 Å². The Morgan fingerprint density at radius 1 is 0.838 bits per heavy atom. The molecular formula is C33H44O3Si. The van der Waals surface area contributed by atoms with Crippen LogP contribution in [0.4, 0.5) is 0 Å². The van der Waals surface area contributed by atoms with Crippen molar-refractivity contribution in [2.24, 2.45) is 17.8 Å². The predicted octanol–water partition coefficient (Wildman–Crippen LogP) is 6.98. The van der Waals surface area contributed by atoms with Crippen LogP contribution in [0.3, 0.4) is 0 Å². The third kappa shape index (κ3) is 6.26. The molecule has 0 spiro atoms. The Hall–Kier alpha value is -2.24. The fourth-order valence-corrected chi connectivity index (χ4v) is 10.7. The lowest BCUT2D eigenvalue weighted by atomic mass is 9.86. The van der Waals surface area contributed by atoms with Crippen molar-refractivity contribution in [2.45, 2.75) is 65.4 Å². The Bertz CT molecular complexity index is 1040. The van der Waals surface area contributed by atoms with E-state index in [1.54, 1.807) is 0 Å². The van der Waals surface area contributed by atoms with Gasteiger partial charge in [0.1, 0.15) is 0 Å². The molecule has 0 aliphatic carbocycles. The summed E-state index contributed by atoms with van der Waals surface area (Å²) in [6, 6.07) is 32.1. The molecule has 0 saturated carbocycles. The summed E-state index contributed by atoms with van der Waals surface area (Å²) in [5.41, 5.74) is 1.09. The number of ether oxygens (including phenoxy) is 2. The third-order valence-corrected chi connectivity index (χ3v) is 12.8. The van der Waals surface area contributed by atoms with Crippen LogP contribution in [0.1, 0.15) is 59.8 Å². The second-order valence-corrected chi connectivity index (χ2v) is 16.3. The van der Waals surface area contributed by atoms with Crippen LogP contribution in [0.15, 0.2) is 91.0 Å². The van der Waals surface area contributed by atoms with Crippen LogP contribution in [0.25, 0.3) is 0 Å². The summed E-state index contributed by atoms with van der Waals surface area (Å²) in [5, 5.41) is 2.66. The highest BCUT2D eigenvalue weighted by Crippen LogP contribution is 2.38. The van der Waals surface area contributed by atoms with Crippen molar-refractivity contribution in [3.63, 3.8) is 0 Å². The van der Waals surface area contributed by atoms with E-state index >= 15 is 0 Å². The van der Waals surface area contributed by atoms with E-state index in [-0.39, 0.29) is 17.4 Å². The Kier molecular flexibility index (Phi) is 9.07. The van der Waals surface area contributed by atoms with Crippen LogP contribution in [-0.4, -0.2) is 27.6 Å². The third-order valence-electron chi connectivity index (χ3n) is 7.76. The van der Waals surface area contributed by atoms with Crippen molar-refractivity contribution >= 4 is 18.7 Å². The molecule has 4 rings (SSSR count). The first kappa shape index (κ1) is 27.8. The second-order valence-electron chi connectivity index (χ2n) is 11.9. The first-order chi connectivity index (χ1) is 17.7. The second kappa shape index (κ2) is 12.1. The van der Waals surface area contributed by atoms with Gasteiger partial charge in [0.05, 0.1) is 12.7 Å². The van der Waals surface area contributed by atoms with Gasteiger partial charge in [-0.15, -0.1) is 0 Å². The van der Waals surface area contributed by atoms with Gasteiger partial charge in [0, 0.05) is 18.1 Å². The van der Waals surface area contributed by atoms with E-state index in [0.717, 1.165) is 25.2 Å². The molecule has 3 aromatic carbocycles. The molecule has 1 aliphatic heterocycles. The molecule has 0 amide bonds. The molecule has 0 N–H and O–H groups in total. The van der Waals surface area contributed by atoms with E-state index in [0.29, 0.717) is 17.8 Å². The van der Waals surface area contributed by atoms with Crippen molar-refractivity contribution in [2.75, 3.05) is 13.2 Å². The number of hydrogen-bond donors (Lipinski definition) is 0. The molecule has 4 heteroatoms. The van der Waals surface area contributed by atoms with Gasteiger partial charge in [-0.25, -0.2) is 0 Å². The van der Waals surface area contributed by atoms with E-state index in [2.05, 4.69) is 114 Å². The van der Waals surface area contributed by atoms with Gasteiger partial charge in [0.15, 0.2) is 6.29 Å². The molecule has 1 heterocycles. The SMILES string of the molecule is C[C@@H](CO[Si](c1ccccc1)(c1ccccc1)C(C)(C)C)C[C@H](C)[C@H]1OC(c2ccccc2)OC[C@@H]1C. The van der Waals surface area contributed by atoms with Crippen molar-refractivity contribution in [3.05, 3.63) is 96.6 Å². The smallest absolute Gasteiger partial charge is 0.261 e. The molecule has 1 unspecified atom stereocenters. The van der Waals surface area contributed by atoms with Crippen LogP contribution < -0.4 is 10.4 Å². The van der Waals surface area contributed by atoms with Gasteiger partial charge in [-0.2, -0.15) is 0 Å². The Morgan fingerprint density at radius 2 is 1.35 bits per heavy atom. The van der Waals surface area contributed by atoms with Gasteiger partial charge in [-0.1, -0.05) is 133 Å². The normalized spacial score (nSPS) is 22.4. The number of rotatable bonds is 9. The largest absolute Gasteiger partial charge is 0.407 e. The molecular weight excluding hydrogens is 472 g/mol. The lowest BCUT2D eigenvalue weighted by Gasteiger charge is -2.44. The minimum atomic E-state index is -2.52. The van der Waals surface area contributed by atoms with Gasteiger partial charge in [0.2, 0.25) is 0 Å². The Labute approximate surface area is 225 Å². The van der Waals surface area contributed by atoms with Gasteiger partial charge >= 0.3 is 0 Å². The van der Waals surface area contributed by atoms with E-state index in [1.165, 1.54) is 10.4 Å². The highest BCUT2D eigenvalue weighted by molar-refractivity contribution is 6.99. The van der Waals surface area contributed by atoms with Crippen LogP contribution in [0.5, 0.6) is 0 Å². The van der Waals surface area contributed by atoms with Crippen molar-refractivity contribution in [1.82, 2.24) is 0 Å². The van der Waals surface area contributed by atoms with Crippen molar-refractivity contribution < 1.29 is 13.9 Å².